The molecule has 426 valence electrons. The van der Waals surface area contributed by atoms with Crippen LogP contribution >= 0.6 is 17.8 Å². The van der Waals surface area contributed by atoms with Crippen LogP contribution < -0.4 is 5.73 Å². The molecule has 0 radical (unpaired) electrons. The maximum absolute atomic E-state index is 8.51. The molecular formula is C64H116N4O4P2. The van der Waals surface area contributed by atoms with E-state index in [4.69, 9.17) is 31.9 Å². The molecule has 1 heterocycles. The molecule has 6 saturated carbocycles. The topological polar surface area (TPSA) is 123 Å². The molecule has 3 N–H and O–H groups in total. The third kappa shape index (κ3) is 14.9. The van der Waals surface area contributed by atoms with E-state index in [1.165, 1.54) is 135 Å². The zero-order chi connectivity index (χ0) is 54.4. The van der Waals surface area contributed by atoms with Crippen molar-refractivity contribution in [2.45, 2.75) is 255 Å². The molecule has 9 rings (SSSR count). The molecule has 19 atom stereocenters. The first-order chi connectivity index (χ1) is 35.9. The second-order valence-corrected chi connectivity index (χ2v) is 28.0. The third-order valence-electron chi connectivity index (χ3n) is 22.9. The van der Waals surface area contributed by atoms with Gasteiger partial charge in [0.15, 0.2) is 6.29 Å². The Kier molecular flexibility index (Phi) is 24.1. The Bertz CT molecular complexity index is 1830. The van der Waals surface area contributed by atoms with Gasteiger partial charge in [-0.15, -0.1) is 17.8 Å². The minimum atomic E-state index is -0.454. The van der Waals surface area contributed by atoms with Gasteiger partial charge in [0.05, 0.1) is 13.5 Å². The number of aliphatic hydroxyl groups excluding tert-OH is 1. The smallest absolute Gasteiger partial charge is 0.154 e. The van der Waals surface area contributed by atoms with Crippen molar-refractivity contribution in [2.75, 3.05) is 32.9 Å². The average molecular weight is 1070 g/mol. The molecule has 1 aliphatic heterocycles. The Labute approximate surface area is 461 Å². The predicted molar refractivity (Wildman–Crippen MR) is 318 cm³/mol. The van der Waals surface area contributed by atoms with Crippen molar-refractivity contribution in [3.63, 3.8) is 0 Å². The van der Waals surface area contributed by atoms with Crippen LogP contribution in [-0.2, 0) is 14.2 Å². The summed E-state index contributed by atoms with van der Waals surface area (Å²) in [6.45, 7) is 28.9. The average Bonchev–Trinajstić information content (AvgIpc) is 4.11. The lowest BCUT2D eigenvalue weighted by molar-refractivity contribution is -0.0639. The Balaban J connectivity index is 0.000000209. The van der Waals surface area contributed by atoms with E-state index in [0.717, 1.165) is 129 Å². The number of allylic oxidation sites excluding steroid dienone is 2. The van der Waals surface area contributed by atoms with E-state index in [2.05, 4.69) is 100 Å². The van der Waals surface area contributed by atoms with Crippen molar-refractivity contribution < 1.29 is 19.3 Å². The molecular weight excluding hydrogens is 951 g/mol. The minimum Gasteiger partial charge on any atom is -0.378 e. The summed E-state index contributed by atoms with van der Waals surface area (Å²) in [5.74, 6) is 10.9. The van der Waals surface area contributed by atoms with E-state index in [-0.39, 0.29) is 8.87 Å². The van der Waals surface area contributed by atoms with Gasteiger partial charge in [-0.2, -0.15) is 0 Å². The molecule has 0 bridgehead atoms. The molecule has 74 heavy (non-hydrogen) atoms. The molecule has 0 aromatic heterocycles. The highest BCUT2D eigenvalue weighted by Crippen LogP contribution is 2.69. The van der Waals surface area contributed by atoms with Crippen LogP contribution in [0, 0.1) is 92.7 Å². The molecule has 0 aromatic carbocycles. The lowest BCUT2D eigenvalue weighted by Crippen LogP contribution is -2.51. The van der Waals surface area contributed by atoms with Gasteiger partial charge in [0.1, 0.15) is 0 Å². The summed E-state index contributed by atoms with van der Waals surface area (Å²) in [7, 11) is 2.52. The largest absolute Gasteiger partial charge is 0.378 e. The summed E-state index contributed by atoms with van der Waals surface area (Å²) in [6.07, 6.45) is 39.8. The number of nitrogens with two attached hydrogens (primary N) is 1. The molecule has 0 amide bonds. The lowest BCUT2D eigenvalue weighted by Gasteiger charge is -2.58. The highest BCUT2D eigenvalue weighted by atomic mass is 32.0. The van der Waals surface area contributed by atoms with E-state index in [9.17, 15) is 0 Å². The summed E-state index contributed by atoms with van der Waals surface area (Å²) >= 11 is 0. The molecule has 0 aromatic rings. The normalized spacial score (nSPS) is 39.9. The molecule has 8 nitrogen and oxygen atoms in total. The molecule has 9 unspecified atom stereocenters. The second-order valence-electron chi connectivity index (χ2n) is 28.0. The molecule has 8 aliphatic carbocycles. The van der Waals surface area contributed by atoms with Crippen molar-refractivity contribution in [3.05, 3.63) is 33.7 Å². The SMILES string of the molecule is CC(C)CCC[C@@H](C)[C@H]1CCC2C3CC=C4C[C@@H](OCCCN)CC[C@]4(C)C3CC[C@@]21C.CC(C)CCC[C@@H](C)[C@H]1CCC2C3CC=C4C[C@@H](OCCCN=[N+]=[N-])CC[C@]4(C)C3CC[C@@]21C.OC1CCCO1.[3H]PP. The summed E-state index contributed by atoms with van der Waals surface area (Å²) in [5.41, 5.74) is 19.6. The number of hydrogen-bond acceptors (Lipinski definition) is 6. The molecule has 7 fully saturated rings. The fraction of sp³-hybridized carbons (Fsp3) is 0.938. The zero-order valence-electron chi connectivity index (χ0n) is 50.4. The summed E-state index contributed by atoms with van der Waals surface area (Å²) in [6, 6.07) is 0. The number of fused-ring (bicyclic) bond motifs is 10. The fourth-order valence-electron chi connectivity index (χ4n) is 18.9. The van der Waals surface area contributed by atoms with Gasteiger partial charge in [-0.25, -0.2) is 0 Å². The van der Waals surface area contributed by atoms with Crippen LogP contribution in [-0.4, -0.2) is 57.8 Å². The van der Waals surface area contributed by atoms with Crippen LogP contribution in [0.15, 0.2) is 28.4 Å². The van der Waals surface area contributed by atoms with Gasteiger partial charge in [0.25, 0.3) is 0 Å². The van der Waals surface area contributed by atoms with Crippen LogP contribution in [0.2, 0.25) is 0 Å². The number of ether oxygens (including phenoxy) is 3. The molecule has 10 heteroatoms. The van der Waals surface area contributed by atoms with Crippen LogP contribution in [0.1, 0.15) is 236 Å². The van der Waals surface area contributed by atoms with Gasteiger partial charge in [0.2, 0.25) is 0 Å². The van der Waals surface area contributed by atoms with Crippen molar-refractivity contribution in [1.29, 1.82) is 1.28 Å². The van der Waals surface area contributed by atoms with Crippen molar-refractivity contribution in [1.82, 2.24) is 0 Å². The van der Waals surface area contributed by atoms with Gasteiger partial charge < -0.3 is 25.1 Å². The molecule has 1 saturated heterocycles. The molecule has 0 spiro atoms. The Morgan fingerprint density at radius 2 is 1.16 bits per heavy atom. The Morgan fingerprint density at radius 1 is 0.689 bits per heavy atom. The fourth-order valence-corrected chi connectivity index (χ4v) is 18.9. The van der Waals surface area contributed by atoms with Gasteiger partial charge in [0, 0.05) is 37.7 Å². The first-order valence-corrected chi connectivity index (χ1v) is 33.7. The van der Waals surface area contributed by atoms with Crippen LogP contribution in [0.3, 0.4) is 0 Å². The summed E-state index contributed by atoms with van der Waals surface area (Å²) in [4.78, 5) is 2.84. The number of aliphatic hydroxyl groups is 1. The highest BCUT2D eigenvalue weighted by molar-refractivity contribution is 7.92. The summed E-state index contributed by atoms with van der Waals surface area (Å²) in [5, 5.41) is 12.1. The van der Waals surface area contributed by atoms with Crippen LogP contribution in [0.5, 0.6) is 0 Å². The Morgan fingerprint density at radius 3 is 1.55 bits per heavy atom. The number of azide groups is 1. The maximum Gasteiger partial charge on any atom is 0.154 e. The monoisotopic (exact) mass is 1070 g/mol. The summed E-state index contributed by atoms with van der Waals surface area (Å²) < 4.78 is 23.3. The minimum absolute atomic E-state index is 0.250. The van der Waals surface area contributed by atoms with E-state index in [1.54, 1.807) is 11.1 Å². The van der Waals surface area contributed by atoms with Crippen LogP contribution in [0.4, 0.5) is 0 Å². The first-order valence-electron chi connectivity index (χ1n) is 31.9. The number of hydrogen-bond donors (Lipinski definition) is 2. The van der Waals surface area contributed by atoms with E-state index < -0.39 is 6.29 Å². The lowest BCUT2D eigenvalue weighted by atomic mass is 9.47. The second kappa shape index (κ2) is 29.2. The zero-order valence-corrected chi connectivity index (χ0v) is 51.6. The van der Waals surface area contributed by atoms with E-state index in [0.29, 0.717) is 40.4 Å². The van der Waals surface area contributed by atoms with Gasteiger partial charge in [-0.3, -0.25) is 0 Å². The van der Waals surface area contributed by atoms with Gasteiger partial charge >= 0.3 is 0 Å². The maximum atomic E-state index is 8.51. The standard InChI is InChI=1S/C30H51N3O.C30H53NO.C4H8O2.H4P2/c1-21(2)8-6-9-22(3)26-12-13-27-25-11-10-23-20-24(34-19-7-18-32-33-31)14-16-29(23,4)28(25)15-17-30(26,27)5;1-21(2)8-6-9-22(3)26-12-13-27-25-11-10-23-20-24(32-19-7-18-31)14-16-29(23,4)28(25)15-17-30(26,27)5;5-4-2-1-3-6-4;1-2/h10,21-22,24-28H,6-9,11-20H2,1-5H3;10,21-22,24-28H,6-9,11-20,31H2,1-5H3;4-5H,1-3H2;1-2H2/t2*22-,24+,25?,26-,27?,28?,29+,30-;;/m11../s1/i;;;1T. The number of nitrogens with zero attached hydrogens (tertiary/aromatic N) is 3. The van der Waals surface area contributed by atoms with Gasteiger partial charge in [-0.1, -0.05) is 136 Å². The third-order valence-corrected chi connectivity index (χ3v) is 22.9. The van der Waals surface area contributed by atoms with Crippen molar-refractivity contribution in [3.8, 4) is 0 Å². The van der Waals surface area contributed by atoms with E-state index >= 15 is 0 Å². The highest BCUT2D eigenvalue weighted by Gasteiger charge is 2.61. The number of rotatable bonds is 19. The Hall–Kier alpha value is -0.550. The van der Waals surface area contributed by atoms with E-state index in [1.807, 2.05) is 0 Å². The predicted octanol–water partition coefficient (Wildman–Crippen LogP) is 17.6. The molecule has 9 aliphatic rings. The van der Waals surface area contributed by atoms with Crippen molar-refractivity contribution in [2.24, 2.45) is 104 Å². The first kappa shape index (κ1) is 61.1. The van der Waals surface area contributed by atoms with Crippen LogP contribution in [0.25, 0.3) is 10.4 Å². The quantitative estimate of drug-likeness (QED) is 0.0333. The van der Waals surface area contributed by atoms with Gasteiger partial charge in [-0.05, 0) is 227 Å². The van der Waals surface area contributed by atoms with Crippen molar-refractivity contribution >= 4 is 17.8 Å².